The minimum atomic E-state index is -3.45. The Balaban J connectivity index is 1.78. The van der Waals surface area contributed by atoms with Gasteiger partial charge in [-0.1, -0.05) is 75.4 Å². The van der Waals surface area contributed by atoms with Gasteiger partial charge in [-0.15, -0.1) is 0 Å². The van der Waals surface area contributed by atoms with E-state index in [2.05, 4.69) is 39.0 Å². The lowest BCUT2D eigenvalue weighted by Crippen LogP contribution is -2.18. The van der Waals surface area contributed by atoms with Gasteiger partial charge in [-0.25, -0.2) is 0 Å². The van der Waals surface area contributed by atoms with Gasteiger partial charge in [0.1, 0.15) is 0 Å². The van der Waals surface area contributed by atoms with Gasteiger partial charge < -0.3 is 0 Å². The van der Waals surface area contributed by atoms with Crippen molar-refractivity contribution in [2.24, 2.45) is 0 Å². The molecule has 0 aliphatic heterocycles. The highest BCUT2D eigenvalue weighted by Crippen LogP contribution is 2.30. The standard InChI is InChI=1S/C23H32O3S/c1-4-23(2,3)22-17-9-8-15-21(22)16-10-18-26-27(24,25)19-11-14-20-12-6-5-7-13-20/h5-9,12-13,15,17H,4,10-11,14,16,18-19H2,1-3H3. The third-order valence-corrected chi connectivity index (χ3v) is 6.50. The van der Waals surface area contributed by atoms with Gasteiger partial charge in [0.2, 0.25) is 0 Å². The van der Waals surface area contributed by atoms with Crippen LogP contribution >= 0.6 is 0 Å². The summed E-state index contributed by atoms with van der Waals surface area (Å²) in [5, 5.41) is 0. The van der Waals surface area contributed by atoms with Gasteiger partial charge in [-0.05, 0) is 54.2 Å². The summed E-state index contributed by atoms with van der Waals surface area (Å²) in [5.41, 5.74) is 3.91. The first-order valence-corrected chi connectivity index (χ1v) is 11.4. The molecule has 4 heteroatoms. The quantitative estimate of drug-likeness (QED) is 0.388. The van der Waals surface area contributed by atoms with Crippen molar-refractivity contribution in [2.75, 3.05) is 12.4 Å². The van der Waals surface area contributed by atoms with Crippen molar-refractivity contribution < 1.29 is 12.6 Å². The Morgan fingerprint density at radius 3 is 2.26 bits per heavy atom. The van der Waals surface area contributed by atoms with Crippen molar-refractivity contribution in [1.29, 1.82) is 0 Å². The maximum absolute atomic E-state index is 12.1. The molecule has 0 spiro atoms. The van der Waals surface area contributed by atoms with Crippen LogP contribution in [0.3, 0.4) is 0 Å². The molecule has 0 aliphatic carbocycles. The molecule has 3 nitrogen and oxygen atoms in total. The molecule has 0 atom stereocenters. The highest BCUT2D eigenvalue weighted by Gasteiger charge is 2.20. The molecule has 0 heterocycles. The lowest BCUT2D eigenvalue weighted by molar-refractivity contribution is 0.311. The van der Waals surface area contributed by atoms with Crippen molar-refractivity contribution >= 4 is 10.1 Å². The van der Waals surface area contributed by atoms with E-state index >= 15 is 0 Å². The average Bonchev–Trinajstić information content (AvgIpc) is 2.66. The molecule has 0 bridgehead atoms. The summed E-state index contributed by atoms with van der Waals surface area (Å²) >= 11 is 0. The van der Waals surface area contributed by atoms with Gasteiger partial charge in [0.25, 0.3) is 10.1 Å². The molecule has 2 rings (SSSR count). The second kappa shape index (κ2) is 10.0. The van der Waals surface area contributed by atoms with Crippen molar-refractivity contribution in [3.8, 4) is 0 Å². The monoisotopic (exact) mass is 388 g/mol. The van der Waals surface area contributed by atoms with E-state index in [1.54, 1.807) is 0 Å². The molecule has 0 unspecified atom stereocenters. The van der Waals surface area contributed by atoms with E-state index in [1.807, 2.05) is 36.4 Å². The van der Waals surface area contributed by atoms with E-state index in [4.69, 9.17) is 4.18 Å². The molecule has 0 aliphatic rings. The van der Waals surface area contributed by atoms with Crippen LogP contribution in [0.5, 0.6) is 0 Å². The summed E-state index contributed by atoms with van der Waals surface area (Å²) in [4.78, 5) is 0. The van der Waals surface area contributed by atoms with Gasteiger partial charge >= 0.3 is 0 Å². The number of benzene rings is 2. The summed E-state index contributed by atoms with van der Waals surface area (Å²) < 4.78 is 29.4. The molecule has 0 fully saturated rings. The fraction of sp³-hybridized carbons (Fsp3) is 0.478. The van der Waals surface area contributed by atoms with Crippen LogP contribution in [0.15, 0.2) is 54.6 Å². The van der Waals surface area contributed by atoms with Crippen LogP contribution in [0, 0.1) is 0 Å². The van der Waals surface area contributed by atoms with Crippen LogP contribution in [0.1, 0.15) is 56.7 Å². The first kappa shape index (κ1) is 21.6. The van der Waals surface area contributed by atoms with Gasteiger partial charge in [-0.3, -0.25) is 4.18 Å². The number of rotatable bonds is 11. The second-order valence-corrected chi connectivity index (χ2v) is 9.43. The fourth-order valence-corrected chi connectivity index (χ4v) is 4.18. The lowest BCUT2D eigenvalue weighted by Gasteiger charge is -2.26. The zero-order valence-corrected chi connectivity index (χ0v) is 17.6. The second-order valence-electron chi connectivity index (χ2n) is 7.67. The Kier molecular flexibility index (Phi) is 8.06. The van der Waals surface area contributed by atoms with Crippen LogP contribution in [0.2, 0.25) is 0 Å². The summed E-state index contributed by atoms with van der Waals surface area (Å²) in [7, 11) is -3.45. The Bertz CT molecular complexity index is 795. The summed E-state index contributed by atoms with van der Waals surface area (Å²) in [5.74, 6) is 0.0708. The molecule has 148 valence electrons. The van der Waals surface area contributed by atoms with E-state index in [9.17, 15) is 8.42 Å². The van der Waals surface area contributed by atoms with E-state index < -0.39 is 10.1 Å². The number of hydrogen-bond acceptors (Lipinski definition) is 3. The Labute approximate surface area is 164 Å². The summed E-state index contributed by atoms with van der Waals surface area (Å²) in [6.45, 7) is 6.94. The van der Waals surface area contributed by atoms with Crippen molar-refractivity contribution in [3.05, 3.63) is 71.3 Å². The van der Waals surface area contributed by atoms with Crippen LogP contribution in [0.25, 0.3) is 0 Å². The van der Waals surface area contributed by atoms with Crippen LogP contribution in [-0.4, -0.2) is 20.8 Å². The molecule has 0 radical (unpaired) electrons. The zero-order chi connectivity index (χ0) is 19.8. The molecular formula is C23H32O3S. The first-order chi connectivity index (χ1) is 12.8. The SMILES string of the molecule is CCC(C)(C)c1ccccc1CCCOS(=O)(=O)CCCc1ccccc1. The molecule has 27 heavy (non-hydrogen) atoms. The summed E-state index contributed by atoms with van der Waals surface area (Å²) in [6.07, 6.45) is 3.94. The maximum atomic E-state index is 12.1. The molecule has 0 saturated heterocycles. The smallest absolute Gasteiger partial charge is 0.267 e. The highest BCUT2D eigenvalue weighted by molar-refractivity contribution is 7.86. The maximum Gasteiger partial charge on any atom is 0.267 e. The Hall–Kier alpha value is -1.65. The molecule has 0 amide bonds. The normalized spacial score (nSPS) is 12.3. The van der Waals surface area contributed by atoms with E-state index in [1.165, 1.54) is 11.1 Å². The zero-order valence-electron chi connectivity index (χ0n) is 16.8. The van der Waals surface area contributed by atoms with Gasteiger partial charge in [-0.2, -0.15) is 8.42 Å². The average molecular weight is 389 g/mol. The first-order valence-electron chi connectivity index (χ1n) is 9.83. The largest absolute Gasteiger partial charge is 0.270 e. The van der Waals surface area contributed by atoms with Crippen molar-refractivity contribution in [2.45, 2.75) is 58.3 Å². The molecular weight excluding hydrogens is 356 g/mol. The molecule has 0 saturated carbocycles. The third kappa shape index (κ3) is 7.11. The number of aryl methyl sites for hydroxylation is 2. The minimum Gasteiger partial charge on any atom is -0.270 e. The predicted molar refractivity (Wildman–Crippen MR) is 113 cm³/mol. The van der Waals surface area contributed by atoms with Crippen LogP contribution in [0.4, 0.5) is 0 Å². The van der Waals surface area contributed by atoms with Gasteiger partial charge in [0.05, 0.1) is 12.4 Å². The minimum absolute atomic E-state index is 0.0708. The van der Waals surface area contributed by atoms with Crippen LogP contribution in [-0.2, 0) is 32.6 Å². The predicted octanol–water partition coefficient (Wildman–Crippen LogP) is 5.29. The van der Waals surface area contributed by atoms with Gasteiger partial charge in [0, 0.05) is 0 Å². The Morgan fingerprint density at radius 1 is 0.889 bits per heavy atom. The van der Waals surface area contributed by atoms with E-state index in [0.717, 1.165) is 24.8 Å². The van der Waals surface area contributed by atoms with Crippen LogP contribution < -0.4 is 0 Å². The van der Waals surface area contributed by atoms with E-state index in [0.29, 0.717) is 12.8 Å². The van der Waals surface area contributed by atoms with Gasteiger partial charge in [0.15, 0.2) is 0 Å². The molecule has 0 aromatic heterocycles. The molecule has 0 N–H and O–H groups in total. The Morgan fingerprint density at radius 2 is 1.56 bits per heavy atom. The lowest BCUT2D eigenvalue weighted by atomic mass is 9.79. The molecule has 2 aromatic carbocycles. The summed E-state index contributed by atoms with van der Waals surface area (Å²) in [6, 6.07) is 18.4. The number of hydrogen-bond donors (Lipinski definition) is 0. The van der Waals surface area contributed by atoms with E-state index in [-0.39, 0.29) is 17.8 Å². The van der Waals surface area contributed by atoms with Crippen molar-refractivity contribution in [1.82, 2.24) is 0 Å². The molecule has 2 aromatic rings. The highest BCUT2D eigenvalue weighted by atomic mass is 32.2. The van der Waals surface area contributed by atoms with Crippen molar-refractivity contribution in [3.63, 3.8) is 0 Å². The fourth-order valence-electron chi connectivity index (χ4n) is 3.19. The topological polar surface area (TPSA) is 43.4 Å². The third-order valence-electron chi connectivity index (χ3n) is 5.19.